The molecule has 0 radical (unpaired) electrons. The summed E-state index contributed by atoms with van der Waals surface area (Å²) >= 11 is 6.06. The number of carbonyl (C=O) groups is 1. The second-order valence-corrected chi connectivity index (χ2v) is 6.55. The summed E-state index contributed by atoms with van der Waals surface area (Å²) in [6.45, 7) is 3.00. The Kier molecular flexibility index (Phi) is 4.99. The van der Waals surface area contributed by atoms with E-state index in [9.17, 15) is 14.9 Å². The molecule has 0 spiro atoms. The van der Waals surface area contributed by atoms with E-state index in [0.29, 0.717) is 5.02 Å². The number of nitrogens with zero attached hydrogens (tertiary/aromatic N) is 1. The summed E-state index contributed by atoms with van der Waals surface area (Å²) in [4.78, 5) is 30.1. The lowest BCUT2D eigenvalue weighted by Gasteiger charge is -2.14. The van der Waals surface area contributed by atoms with Crippen LogP contribution in [0.1, 0.15) is 25.3 Å². The van der Waals surface area contributed by atoms with Crippen molar-refractivity contribution in [1.29, 1.82) is 0 Å². The molecule has 1 N–H and O–H groups in total. The average Bonchev–Trinajstić information content (AvgIpc) is 2.95. The highest BCUT2D eigenvalue weighted by Gasteiger charge is 2.19. The van der Waals surface area contributed by atoms with Gasteiger partial charge in [-0.1, -0.05) is 23.7 Å². The molecular weight excluding hydrogens is 360 g/mol. The number of esters is 1. The Balaban J connectivity index is 1.77. The summed E-state index contributed by atoms with van der Waals surface area (Å²) in [6.07, 6.45) is -0.818. The first-order valence-corrected chi connectivity index (χ1v) is 8.41. The van der Waals surface area contributed by atoms with Gasteiger partial charge >= 0.3 is 5.97 Å². The number of carbonyl (C=O) groups excluding carboxylic acids is 1. The van der Waals surface area contributed by atoms with Gasteiger partial charge in [0, 0.05) is 26.8 Å². The van der Waals surface area contributed by atoms with E-state index < -0.39 is 23.1 Å². The van der Waals surface area contributed by atoms with Crippen molar-refractivity contribution in [2.75, 3.05) is 6.61 Å². The number of rotatable bonds is 6. The summed E-state index contributed by atoms with van der Waals surface area (Å²) in [5.74, 6) is -0.987. The molecule has 1 heterocycles. The molecule has 0 saturated heterocycles. The Labute approximate surface area is 153 Å². The van der Waals surface area contributed by atoms with Crippen LogP contribution in [-0.2, 0) is 14.4 Å². The molecule has 0 aliphatic carbocycles. The first kappa shape index (κ1) is 18.0. The van der Waals surface area contributed by atoms with Crippen molar-refractivity contribution >= 4 is 39.4 Å². The molecule has 2 atom stereocenters. The van der Waals surface area contributed by atoms with Crippen LogP contribution in [0.15, 0.2) is 36.4 Å². The van der Waals surface area contributed by atoms with Crippen LogP contribution in [-0.4, -0.2) is 28.8 Å². The van der Waals surface area contributed by atoms with Crippen molar-refractivity contribution in [3.05, 3.63) is 57.1 Å². The number of nitrogens with one attached hydrogen (secondary N) is 1. The molecule has 2 aromatic carbocycles. The van der Waals surface area contributed by atoms with Gasteiger partial charge in [-0.3, -0.25) is 4.79 Å². The van der Waals surface area contributed by atoms with Crippen LogP contribution < -0.4 is 0 Å². The number of aromatic nitrogens is 1. The number of hydrogen-bond donors (Lipinski definition) is 1. The molecule has 0 amide bonds. The molecule has 0 bridgehead atoms. The Bertz CT molecular complexity index is 984. The van der Waals surface area contributed by atoms with E-state index in [0.717, 1.165) is 27.4 Å². The van der Waals surface area contributed by atoms with Crippen LogP contribution in [0.2, 0.25) is 5.02 Å². The maximum Gasteiger partial charge on any atom is 0.313 e. The van der Waals surface area contributed by atoms with Gasteiger partial charge in [0.1, 0.15) is 12.7 Å². The Hall–Kier alpha value is -2.80. The van der Waals surface area contributed by atoms with E-state index in [1.807, 2.05) is 36.4 Å². The molecule has 3 rings (SSSR count). The van der Waals surface area contributed by atoms with Crippen LogP contribution in [0.5, 0.6) is 0 Å². The van der Waals surface area contributed by atoms with Gasteiger partial charge in [-0.15, -0.1) is 10.1 Å². The molecule has 1 aromatic heterocycles. The Morgan fingerprint density at radius 3 is 2.69 bits per heavy atom. The van der Waals surface area contributed by atoms with E-state index >= 15 is 0 Å². The second kappa shape index (κ2) is 7.21. The molecule has 0 aliphatic rings. The van der Waals surface area contributed by atoms with Gasteiger partial charge in [0.05, 0.1) is 5.92 Å². The topological polar surface area (TPSA) is 94.5 Å². The number of ether oxygens (including phenoxy) is 1. The molecule has 0 aliphatic heterocycles. The second-order valence-electron chi connectivity index (χ2n) is 6.11. The number of halogens is 1. The molecule has 26 heavy (non-hydrogen) atoms. The Morgan fingerprint density at radius 2 is 1.96 bits per heavy atom. The number of H-pyrrole nitrogens is 1. The molecule has 8 heteroatoms. The van der Waals surface area contributed by atoms with Crippen molar-refractivity contribution in [3.63, 3.8) is 0 Å². The summed E-state index contributed by atoms with van der Waals surface area (Å²) in [7, 11) is 0. The zero-order valence-corrected chi connectivity index (χ0v) is 14.9. The highest BCUT2D eigenvalue weighted by Crippen LogP contribution is 2.30. The van der Waals surface area contributed by atoms with E-state index in [-0.39, 0.29) is 6.61 Å². The standard InChI is InChI=1S/C18H17ClN2O5/c1-10(26-21(23)24)9-25-18(22)11(2)12-3-5-14-15-8-13(19)4-6-16(15)20-17(14)7-12/h3-8,10-11,20H,9H2,1-2H3. The fourth-order valence-corrected chi connectivity index (χ4v) is 2.97. The molecular formula is C18H17ClN2O5. The van der Waals surface area contributed by atoms with Crippen molar-refractivity contribution in [3.8, 4) is 0 Å². The molecule has 136 valence electrons. The molecule has 0 fully saturated rings. The van der Waals surface area contributed by atoms with Gasteiger partial charge in [-0.05, 0) is 43.7 Å². The minimum absolute atomic E-state index is 0.183. The third kappa shape index (κ3) is 3.72. The van der Waals surface area contributed by atoms with Gasteiger partial charge in [-0.25, -0.2) is 0 Å². The predicted octanol–water partition coefficient (Wildman–Crippen LogP) is 4.22. The zero-order valence-electron chi connectivity index (χ0n) is 14.2. The normalized spacial score (nSPS) is 13.5. The van der Waals surface area contributed by atoms with Crippen LogP contribution >= 0.6 is 11.6 Å². The fourth-order valence-electron chi connectivity index (χ4n) is 2.80. The zero-order chi connectivity index (χ0) is 18.8. The largest absolute Gasteiger partial charge is 0.463 e. The summed E-state index contributed by atoms with van der Waals surface area (Å²) in [6, 6.07) is 11.3. The van der Waals surface area contributed by atoms with Crippen molar-refractivity contribution in [1.82, 2.24) is 4.98 Å². The van der Waals surface area contributed by atoms with Gasteiger partial charge in [0.15, 0.2) is 0 Å². The average molecular weight is 377 g/mol. The van der Waals surface area contributed by atoms with Crippen molar-refractivity contribution < 1.29 is 19.5 Å². The summed E-state index contributed by atoms with van der Waals surface area (Å²) in [5, 5.41) is 12.0. The number of benzene rings is 2. The fraction of sp³-hybridized carbons (Fsp3) is 0.278. The SMILES string of the molecule is CC(COC(=O)C(C)c1ccc2c(c1)[nH]c1ccc(Cl)cc12)O[N+](=O)[O-]. The lowest BCUT2D eigenvalue weighted by Crippen LogP contribution is -2.23. The van der Waals surface area contributed by atoms with Crippen LogP contribution in [0, 0.1) is 10.1 Å². The van der Waals surface area contributed by atoms with E-state index in [2.05, 4.69) is 9.82 Å². The minimum atomic E-state index is -0.905. The monoisotopic (exact) mass is 376 g/mol. The minimum Gasteiger partial charge on any atom is -0.463 e. The van der Waals surface area contributed by atoms with Gasteiger partial charge in [-0.2, -0.15) is 0 Å². The highest BCUT2D eigenvalue weighted by molar-refractivity contribution is 6.31. The summed E-state index contributed by atoms with van der Waals surface area (Å²) in [5.41, 5.74) is 2.63. The van der Waals surface area contributed by atoms with E-state index in [1.54, 1.807) is 6.92 Å². The maximum absolute atomic E-state index is 12.2. The van der Waals surface area contributed by atoms with Crippen molar-refractivity contribution in [2.45, 2.75) is 25.9 Å². The third-order valence-electron chi connectivity index (χ3n) is 4.16. The van der Waals surface area contributed by atoms with Gasteiger partial charge in [0.25, 0.3) is 5.09 Å². The quantitative estimate of drug-likeness (QED) is 0.395. The van der Waals surface area contributed by atoms with Crippen molar-refractivity contribution in [2.24, 2.45) is 0 Å². The first-order valence-electron chi connectivity index (χ1n) is 8.04. The summed E-state index contributed by atoms with van der Waals surface area (Å²) < 4.78 is 5.11. The highest BCUT2D eigenvalue weighted by atomic mass is 35.5. The predicted molar refractivity (Wildman–Crippen MR) is 97.7 cm³/mol. The maximum atomic E-state index is 12.2. The third-order valence-corrected chi connectivity index (χ3v) is 4.40. The van der Waals surface area contributed by atoms with Gasteiger partial charge < -0.3 is 14.6 Å². The van der Waals surface area contributed by atoms with E-state index in [1.165, 1.54) is 6.92 Å². The number of fused-ring (bicyclic) bond motifs is 3. The molecule has 0 saturated carbocycles. The lowest BCUT2D eigenvalue weighted by molar-refractivity contribution is -0.767. The first-order chi connectivity index (χ1) is 12.3. The van der Waals surface area contributed by atoms with Crippen LogP contribution in [0.25, 0.3) is 21.8 Å². The number of aromatic amines is 1. The Morgan fingerprint density at radius 1 is 1.19 bits per heavy atom. The van der Waals surface area contributed by atoms with Crippen LogP contribution in [0.3, 0.4) is 0 Å². The number of hydrogen-bond acceptors (Lipinski definition) is 5. The molecule has 2 unspecified atom stereocenters. The lowest BCUT2D eigenvalue weighted by atomic mass is 9.99. The van der Waals surface area contributed by atoms with Crippen LogP contribution in [0.4, 0.5) is 0 Å². The van der Waals surface area contributed by atoms with Gasteiger partial charge in [0.2, 0.25) is 0 Å². The molecule has 3 aromatic rings. The smallest absolute Gasteiger partial charge is 0.313 e. The van der Waals surface area contributed by atoms with E-state index in [4.69, 9.17) is 16.3 Å². The molecule has 7 nitrogen and oxygen atoms in total.